The quantitative estimate of drug-likeness (QED) is 0.716. The molecular formula is C18H20N4O3S. The highest BCUT2D eigenvalue weighted by atomic mass is 32.2. The molecule has 0 radical (unpaired) electrons. The van der Waals surface area contributed by atoms with Crippen LogP contribution in [0.2, 0.25) is 0 Å². The average molecular weight is 372 g/mol. The zero-order chi connectivity index (χ0) is 18.0. The Hall–Kier alpha value is -2.42. The number of rotatable bonds is 6. The first-order valence-corrected chi connectivity index (χ1v) is 9.91. The highest BCUT2D eigenvalue weighted by molar-refractivity contribution is 7.89. The topological polar surface area (TPSA) is 80.4 Å². The van der Waals surface area contributed by atoms with Crippen molar-refractivity contribution in [3.05, 3.63) is 72.4 Å². The Morgan fingerprint density at radius 2 is 2.04 bits per heavy atom. The van der Waals surface area contributed by atoms with Gasteiger partial charge >= 0.3 is 0 Å². The molecule has 4 rings (SSSR count). The van der Waals surface area contributed by atoms with Crippen LogP contribution in [0.4, 0.5) is 0 Å². The number of hydrogen-bond acceptors (Lipinski definition) is 5. The van der Waals surface area contributed by atoms with Gasteiger partial charge in [-0.1, -0.05) is 18.2 Å². The van der Waals surface area contributed by atoms with Crippen LogP contribution in [0.5, 0.6) is 0 Å². The van der Waals surface area contributed by atoms with Gasteiger partial charge in [0.1, 0.15) is 0 Å². The van der Waals surface area contributed by atoms with Gasteiger partial charge in [0, 0.05) is 37.9 Å². The lowest BCUT2D eigenvalue weighted by Gasteiger charge is -2.33. The highest BCUT2D eigenvalue weighted by Gasteiger charge is 2.27. The van der Waals surface area contributed by atoms with Gasteiger partial charge in [0.25, 0.3) is 0 Å². The lowest BCUT2D eigenvalue weighted by molar-refractivity contribution is 0.167. The molecule has 2 aromatic heterocycles. The van der Waals surface area contributed by atoms with Gasteiger partial charge in [-0.25, -0.2) is 13.1 Å². The number of benzene rings is 1. The number of fused-ring (bicyclic) bond motifs is 1. The standard InChI is InChI=1S/C18H20N4O3S/c23-26(24,18-4-2-1-3-5-18)20-10-17-13-21(11-15-7-9-25-14-15)12-16-6-8-19-22(16)17/h1-9,14,17,20H,10-13H2. The molecule has 0 bridgehead atoms. The zero-order valence-electron chi connectivity index (χ0n) is 14.2. The molecule has 0 aliphatic carbocycles. The predicted octanol–water partition coefficient (Wildman–Crippen LogP) is 2.01. The third kappa shape index (κ3) is 3.57. The summed E-state index contributed by atoms with van der Waals surface area (Å²) in [6, 6.07) is 12.3. The molecule has 7 nitrogen and oxygen atoms in total. The Morgan fingerprint density at radius 1 is 1.19 bits per heavy atom. The molecule has 1 aliphatic heterocycles. The maximum atomic E-state index is 12.5. The van der Waals surface area contributed by atoms with Gasteiger partial charge in [0.05, 0.1) is 29.2 Å². The van der Waals surface area contributed by atoms with Crippen LogP contribution in [0, 0.1) is 0 Å². The van der Waals surface area contributed by atoms with E-state index in [1.54, 1.807) is 49.1 Å². The summed E-state index contributed by atoms with van der Waals surface area (Å²) in [4.78, 5) is 2.54. The van der Waals surface area contributed by atoms with E-state index in [-0.39, 0.29) is 17.5 Å². The molecule has 0 saturated heterocycles. The highest BCUT2D eigenvalue weighted by Crippen LogP contribution is 2.22. The van der Waals surface area contributed by atoms with E-state index in [0.29, 0.717) is 6.54 Å². The van der Waals surface area contributed by atoms with Crippen molar-refractivity contribution in [2.75, 3.05) is 13.1 Å². The van der Waals surface area contributed by atoms with Crippen molar-refractivity contribution in [1.82, 2.24) is 19.4 Å². The van der Waals surface area contributed by atoms with Crippen LogP contribution in [0.15, 0.2) is 70.5 Å². The molecule has 1 atom stereocenters. The summed E-state index contributed by atoms with van der Waals surface area (Å²) in [6.07, 6.45) is 5.16. The van der Waals surface area contributed by atoms with E-state index in [2.05, 4.69) is 14.7 Å². The molecule has 3 heterocycles. The first-order valence-electron chi connectivity index (χ1n) is 8.42. The minimum Gasteiger partial charge on any atom is -0.472 e. The molecule has 0 fully saturated rings. The van der Waals surface area contributed by atoms with Crippen molar-refractivity contribution >= 4 is 10.0 Å². The fraction of sp³-hybridized carbons (Fsp3) is 0.278. The summed E-state index contributed by atoms with van der Waals surface area (Å²) in [5.41, 5.74) is 2.17. The Labute approximate surface area is 152 Å². The van der Waals surface area contributed by atoms with E-state index >= 15 is 0 Å². The second-order valence-electron chi connectivity index (χ2n) is 6.39. The summed E-state index contributed by atoms with van der Waals surface area (Å²) >= 11 is 0. The van der Waals surface area contributed by atoms with Gasteiger partial charge < -0.3 is 4.42 Å². The molecule has 1 aliphatic rings. The van der Waals surface area contributed by atoms with E-state index in [0.717, 1.165) is 24.3 Å². The molecule has 1 N–H and O–H groups in total. The van der Waals surface area contributed by atoms with Crippen molar-refractivity contribution in [3.8, 4) is 0 Å². The van der Waals surface area contributed by atoms with Crippen LogP contribution in [0.1, 0.15) is 17.3 Å². The Balaban J connectivity index is 1.48. The number of aromatic nitrogens is 2. The van der Waals surface area contributed by atoms with Crippen LogP contribution in [0.3, 0.4) is 0 Å². The summed E-state index contributed by atoms with van der Waals surface area (Å²) in [7, 11) is -3.54. The summed E-state index contributed by atoms with van der Waals surface area (Å²) in [5, 5.41) is 4.38. The van der Waals surface area contributed by atoms with E-state index in [1.165, 1.54) is 0 Å². The fourth-order valence-electron chi connectivity index (χ4n) is 3.27. The maximum absolute atomic E-state index is 12.5. The minimum atomic E-state index is -3.54. The molecule has 1 aromatic carbocycles. The first kappa shape index (κ1) is 17.0. The smallest absolute Gasteiger partial charge is 0.240 e. The number of hydrogen-bond donors (Lipinski definition) is 1. The van der Waals surface area contributed by atoms with Crippen molar-refractivity contribution in [2.45, 2.75) is 24.0 Å². The Morgan fingerprint density at radius 3 is 2.81 bits per heavy atom. The van der Waals surface area contributed by atoms with E-state index in [4.69, 9.17) is 4.42 Å². The van der Waals surface area contributed by atoms with Crippen LogP contribution >= 0.6 is 0 Å². The first-order chi connectivity index (χ1) is 12.6. The SMILES string of the molecule is O=S(=O)(NCC1CN(Cc2ccoc2)Cc2ccnn21)c1ccccc1. The molecular weight excluding hydrogens is 352 g/mol. The molecule has 0 amide bonds. The lowest BCUT2D eigenvalue weighted by Crippen LogP contribution is -2.42. The normalized spacial score (nSPS) is 17.9. The van der Waals surface area contributed by atoms with Gasteiger partial charge in [0.2, 0.25) is 10.0 Å². The molecule has 8 heteroatoms. The van der Waals surface area contributed by atoms with Gasteiger partial charge in [-0.15, -0.1) is 0 Å². The van der Waals surface area contributed by atoms with Crippen molar-refractivity contribution < 1.29 is 12.8 Å². The molecule has 0 saturated carbocycles. The summed E-state index contributed by atoms with van der Waals surface area (Å²) in [5.74, 6) is 0. The second-order valence-corrected chi connectivity index (χ2v) is 8.15. The zero-order valence-corrected chi connectivity index (χ0v) is 15.0. The molecule has 1 unspecified atom stereocenters. The summed E-state index contributed by atoms with van der Waals surface area (Å²) < 4.78 is 34.8. The van der Waals surface area contributed by atoms with Gasteiger partial charge in [-0.2, -0.15) is 5.10 Å². The lowest BCUT2D eigenvalue weighted by atomic mass is 10.1. The van der Waals surface area contributed by atoms with Gasteiger partial charge in [-0.05, 0) is 24.3 Å². The van der Waals surface area contributed by atoms with Crippen LogP contribution in [-0.2, 0) is 23.1 Å². The van der Waals surface area contributed by atoms with Crippen molar-refractivity contribution in [2.24, 2.45) is 0 Å². The Bertz CT molecular complexity index is 952. The van der Waals surface area contributed by atoms with Gasteiger partial charge in [0.15, 0.2) is 0 Å². The summed E-state index contributed by atoms with van der Waals surface area (Å²) in [6.45, 7) is 2.52. The van der Waals surface area contributed by atoms with Crippen LogP contribution < -0.4 is 4.72 Å². The number of nitrogens with zero attached hydrogens (tertiary/aromatic N) is 3. The van der Waals surface area contributed by atoms with Gasteiger partial charge in [-0.3, -0.25) is 9.58 Å². The molecule has 26 heavy (non-hydrogen) atoms. The predicted molar refractivity (Wildman–Crippen MR) is 95.7 cm³/mol. The third-order valence-electron chi connectivity index (χ3n) is 4.50. The minimum absolute atomic E-state index is 0.0702. The fourth-order valence-corrected chi connectivity index (χ4v) is 4.36. The largest absolute Gasteiger partial charge is 0.472 e. The number of nitrogens with one attached hydrogen (secondary N) is 1. The second kappa shape index (κ2) is 7.06. The molecule has 3 aromatic rings. The monoisotopic (exact) mass is 372 g/mol. The van der Waals surface area contributed by atoms with E-state index < -0.39 is 10.0 Å². The molecule has 0 spiro atoms. The third-order valence-corrected chi connectivity index (χ3v) is 5.94. The van der Waals surface area contributed by atoms with Crippen molar-refractivity contribution in [3.63, 3.8) is 0 Å². The number of sulfonamides is 1. The average Bonchev–Trinajstić information content (AvgIpc) is 3.32. The van der Waals surface area contributed by atoms with E-state index in [9.17, 15) is 8.42 Å². The maximum Gasteiger partial charge on any atom is 0.240 e. The number of furan rings is 1. The van der Waals surface area contributed by atoms with Crippen molar-refractivity contribution in [1.29, 1.82) is 0 Å². The van der Waals surface area contributed by atoms with Crippen LogP contribution in [0.25, 0.3) is 0 Å². The Kier molecular flexibility index (Phi) is 4.62. The van der Waals surface area contributed by atoms with E-state index in [1.807, 2.05) is 16.8 Å². The molecule has 136 valence electrons. The van der Waals surface area contributed by atoms with Crippen LogP contribution in [-0.4, -0.2) is 36.2 Å².